The van der Waals surface area contributed by atoms with Gasteiger partial charge in [0.25, 0.3) is 5.91 Å². The van der Waals surface area contributed by atoms with Gasteiger partial charge in [0.05, 0.1) is 16.8 Å². The summed E-state index contributed by atoms with van der Waals surface area (Å²) in [7, 11) is 0. The number of nitrogens with zero attached hydrogens (tertiary/aromatic N) is 4. The number of amides is 1. The predicted octanol–water partition coefficient (Wildman–Crippen LogP) is 7.52. The lowest BCUT2D eigenvalue weighted by molar-refractivity contribution is 0.0674. The molecule has 2 aromatic carbocycles. The van der Waals surface area contributed by atoms with E-state index in [2.05, 4.69) is 67.3 Å². The van der Waals surface area contributed by atoms with Gasteiger partial charge in [-0.05, 0) is 73.2 Å². The summed E-state index contributed by atoms with van der Waals surface area (Å²) in [6.07, 6.45) is 6.84. The Balaban J connectivity index is 1.58. The summed E-state index contributed by atoms with van der Waals surface area (Å²) in [6.45, 7) is 2.60. The first-order valence-corrected chi connectivity index (χ1v) is 13.3. The zero-order valence-electron chi connectivity index (χ0n) is 18.6. The maximum Gasteiger partial charge on any atom is 0.296 e. The van der Waals surface area contributed by atoms with Crippen molar-refractivity contribution in [1.82, 2.24) is 14.8 Å². The van der Waals surface area contributed by atoms with E-state index in [4.69, 9.17) is 16.7 Å². The normalized spacial score (nSPS) is 21.0. The number of hydrogen-bond donors (Lipinski definition) is 0. The minimum absolute atomic E-state index is 0.118. The van der Waals surface area contributed by atoms with Crippen LogP contribution in [0, 0.1) is 5.92 Å². The molecule has 0 spiro atoms. The predicted molar refractivity (Wildman–Crippen MR) is 143 cm³/mol. The molecule has 1 saturated carbocycles. The zero-order chi connectivity index (χ0) is 23.8. The highest BCUT2D eigenvalue weighted by Crippen LogP contribution is 2.45. The first kappa shape index (κ1) is 23.5. The topological polar surface area (TPSA) is 50.5 Å². The van der Waals surface area contributed by atoms with Gasteiger partial charge in [0.2, 0.25) is 0 Å². The maximum absolute atomic E-state index is 13.7. The fraction of sp³-hybridized carbons (Fsp3) is 0.269. The molecule has 8 heteroatoms. The molecule has 2 heterocycles. The second kappa shape index (κ2) is 9.80. The van der Waals surface area contributed by atoms with E-state index in [9.17, 15) is 4.79 Å². The van der Waals surface area contributed by atoms with Gasteiger partial charge in [-0.1, -0.05) is 67.7 Å². The maximum atomic E-state index is 13.7. The van der Waals surface area contributed by atoms with Gasteiger partial charge in [-0.2, -0.15) is 10.2 Å². The Morgan fingerprint density at radius 2 is 1.79 bits per heavy atom. The SMILES string of the molecule is CCn1cc(Cl)c(C(=O)N2N=C3/C(=C/c4ccc(Br)cc4)CCC[C@H]3[C@@H]2c2ccc(Br)cc2)n1. The molecule has 1 aliphatic heterocycles. The van der Waals surface area contributed by atoms with Crippen LogP contribution in [0.1, 0.15) is 53.8 Å². The molecule has 0 unspecified atom stereocenters. The molecule has 2 atom stereocenters. The monoisotopic (exact) mass is 600 g/mol. The highest BCUT2D eigenvalue weighted by Gasteiger charge is 2.44. The molecule has 5 rings (SSSR count). The Morgan fingerprint density at radius 3 is 2.44 bits per heavy atom. The number of hydrogen-bond acceptors (Lipinski definition) is 3. The lowest BCUT2D eigenvalue weighted by Crippen LogP contribution is -2.32. The first-order valence-electron chi connectivity index (χ1n) is 11.3. The fourth-order valence-corrected chi connectivity index (χ4v) is 5.49. The Labute approximate surface area is 220 Å². The van der Waals surface area contributed by atoms with Crippen LogP contribution in [0.3, 0.4) is 0 Å². The Hall–Kier alpha value is -2.22. The molecule has 1 amide bonds. The van der Waals surface area contributed by atoms with Crippen molar-refractivity contribution < 1.29 is 4.79 Å². The van der Waals surface area contributed by atoms with Gasteiger partial charge < -0.3 is 0 Å². The van der Waals surface area contributed by atoms with Crippen molar-refractivity contribution in [3.63, 3.8) is 0 Å². The largest absolute Gasteiger partial charge is 0.296 e. The molecule has 5 nitrogen and oxygen atoms in total. The van der Waals surface area contributed by atoms with Crippen LogP contribution in [0.4, 0.5) is 0 Å². The summed E-state index contributed by atoms with van der Waals surface area (Å²) < 4.78 is 3.72. The highest BCUT2D eigenvalue weighted by atomic mass is 79.9. The number of aromatic nitrogens is 2. The Morgan fingerprint density at radius 1 is 1.12 bits per heavy atom. The van der Waals surface area contributed by atoms with Crippen LogP contribution in [0.15, 0.2) is 74.3 Å². The summed E-state index contributed by atoms with van der Waals surface area (Å²) >= 11 is 13.4. The van der Waals surface area contributed by atoms with E-state index in [0.717, 1.165) is 45.0 Å². The van der Waals surface area contributed by atoms with Crippen molar-refractivity contribution in [2.24, 2.45) is 11.0 Å². The second-order valence-corrected chi connectivity index (χ2v) is 10.8. The molecule has 0 saturated heterocycles. The molecule has 1 fully saturated rings. The zero-order valence-corrected chi connectivity index (χ0v) is 22.5. The van der Waals surface area contributed by atoms with Gasteiger partial charge >= 0.3 is 0 Å². The van der Waals surface area contributed by atoms with Crippen molar-refractivity contribution in [3.8, 4) is 0 Å². The van der Waals surface area contributed by atoms with E-state index in [-0.39, 0.29) is 23.6 Å². The molecule has 34 heavy (non-hydrogen) atoms. The number of carbonyl (C=O) groups excluding carboxylic acids is 1. The summed E-state index contributed by atoms with van der Waals surface area (Å²) in [5, 5.41) is 11.3. The molecular formula is C26H23Br2ClN4O. The van der Waals surface area contributed by atoms with Crippen molar-refractivity contribution >= 4 is 61.2 Å². The van der Waals surface area contributed by atoms with Crippen molar-refractivity contribution in [1.29, 1.82) is 0 Å². The summed E-state index contributed by atoms with van der Waals surface area (Å²) in [5.74, 6) is -0.150. The van der Waals surface area contributed by atoms with E-state index in [0.29, 0.717) is 11.6 Å². The minimum atomic E-state index is -0.269. The van der Waals surface area contributed by atoms with E-state index in [1.807, 2.05) is 31.2 Å². The number of carbonyl (C=O) groups is 1. The molecule has 0 radical (unpaired) electrons. The fourth-order valence-electron chi connectivity index (χ4n) is 4.73. The summed E-state index contributed by atoms with van der Waals surface area (Å²) in [6, 6.07) is 16.2. The Bertz CT molecular complexity index is 1280. The van der Waals surface area contributed by atoms with Crippen molar-refractivity contribution in [3.05, 3.63) is 91.1 Å². The summed E-state index contributed by atoms with van der Waals surface area (Å²) in [5.41, 5.74) is 4.59. The van der Waals surface area contributed by atoms with Crippen molar-refractivity contribution in [2.75, 3.05) is 0 Å². The first-order chi connectivity index (χ1) is 16.4. The van der Waals surface area contributed by atoms with Gasteiger partial charge in [0, 0.05) is 27.6 Å². The number of halogens is 3. The number of hydrazone groups is 1. The molecule has 1 aromatic heterocycles. The highest BCUT2D eigenvalue weighted by molar-refractivity contribution is 9.10. The van der Waals surface area contributed by atoms with Gasteiger partial charge in [-0.15, -0.1) is 0 Å². The number of rotatable bonds is 4. The van der Waals surface area contributed by atoms with Crippen LogP contribution in [-0.4, -0.2) is 26.4 Å². The third-order valence-corrected chi connectivity index (χ3v) is 7.71. The number of allylic oxidation sites excluding steroid dienone is 1. The number of aryl methyl sites for hydroxylation is 1. The summed E-state index contributed by atoms with van der Waals surface area (Å²) in [4.78, 5) is 13.7. The molecular weight excluding hydrogens is 580 g/mol. The van der Waals surface area contributed by atoms with E-state index < -0.39 is 0 Å². The van der Waals surface area contributed by atoms with E-state index >= 15 is 0 Å². The molecule has 1 aliphatic carbocycles. The third kappa shape index (κ3) is 4.53. The molecule has 0 bridgehead atoms. The van der Waals surface area contributed by atoms with Gasteiger partial charge in [-0.25, -0.2) is 5.01 Å². The van der Waals surface area contributed by atoms with Crippen LogP contribution < -0.4 is 0 Å². The van der Waals surface area contributed by atoms with E-state index in [1.54, 1.807) is 15.9 Å². The van der Waals surface area contributed by atoms with Crippen LogP contribution >= 0.6 is 43.5 Å². The third-order valence-electron chi connectivity index (χ3n) is 6.38. The average molecular weight is 603 g/mol. The Kier molecular flexibility index (Phi) is 6.78. The smallest absolute Gasteiger partial charge is 0.271 e. The molecule has 0 N–H and O–H groups in total. The average Bonchev–Trinajstić information content (AvgIpc) is 3.42. The van der Waals surface area contributed by atoms with Crippen LogP contribution in [-0.2, 0) is 6.54 Å². The number of fused-ring (bicyclic) bond motifs is 1. The van der Waals surface area contributed by atoms with Crippen molar-refractivity contribution in [2.45, 2.75) is 38.8 Å². The molecule has 2 aliphatic rings. The number of benzene rings is 2. The van der Waals surface area contributed by atoms with Crippen LogP contribution in [0.25, 0.3) is 6.08 Å². The van der Waals surface area contributed by atoms with Crippen LogP contribution in [0.5, 0.6) is 0 Å². The van der Waals surface area contributed by atoms with Gasteiger partial charge in [0.15, 0.2) is 5.69 Å². The molecule has 3 aromatic rings. The van der Waals surface area contributed by atoms with Gasteiger partial charge in [0.1, 0.15) is 0 Å². The van der Waals surface area contributed by atoms with E-state index in [1.165, 1.54) is 5.57 Å². The lowest BCUT2D eigenvalue weighted by atomic mass is 9.77. The second-order valence-electron chi connectivity index (χ2n) is 8.53. The van der Waals surface area contributed by atoms with Crippen LogP contribution in [0.2, 0.25) is 5.02 Å². The molecule has 174 valence electrons. The van der Waals surface area contributed by atoms with Gasteiger partial charge in [-0.3, -0.25) is 9.48 Å². The minimum Gasteiger partial charge on any atom is -0.271 e. The lowest BCUT2D eigenvalue weighted by Gasteiger charge is -2.29. The standard InChI is InChI=1S/C26H23Br2ClN4O/c1-2-32-15-22(29)24(30-32)26(34)33-25(17-8-12-20(28)13-9-17)21-5-3-4-18(23(21)31-33)14-16-6-10-19(27)11-7-16/h6-15,21,25H,2-5H2,1H3/b18-14+/t21-,25+/m1/s1. The quantitative estimate of drug-likeness (QED) is 0.310.